The van der Waals surface area contributed by atoms with Crippen LogP contribution in [0.3, 0.4) is 0 Å². The van der Waals surface area contributed by atoms with E-state index in [1.54, 1.807) is 24.4 Å². The maximum atomic E-state index is 12.7. The Hall–Kier alpha value is -2.97. The molecule has 0 radical (unpaired) electrons. The summed E-state index contributed by atoms with van der Waals surface area (Å²) in [4.78, 5) is 20.9. The molecule has 0 bridgehead atoms. The van der Waals surface area contributed by atoms with Gasteiger partial charge in [0.05, 0.1) is 17.6 Å². The number of pyridine rings is 1. The number of hydrogen-bond donors (Lipinski definition) is 1. The largest absolute Gasteiger partial charge is 0.408 e. The van der Waals surface area contributed by atoms with E-state index in [1.807, 2.05) is 18.3 Å². The number of rotatable bonds is 4. The number of aryl methyl sites for hydroxylation is 1. The Kier molecular flexibility index (Phi) is 4.62. The lowest BCUT2D eigenvalue weighted by atomic mass is 10.2. The fourth-order valence-corrected chi connectivity index (χ4v) is 2.41. The first-order chi connectivity index (χ1) is 12.3. The van der Waals surface area contributed by atoms with Crippen molar-refractivity contribution >= 4 is 11.6 Å². The van der Waals surface area contributed by atoms with Crippen LogP contribution in [0, 0.1) is 0 Å². The zero-order chi connectivity index (χ0) is 18.9. The molecule has 0 spiro atoms. The van der Waals surface area contributed by atoms with Gasteiger partial charge in [-0.15, -0.1) is 0 Å². The van der Waals surface area contributed by atoms with E-state index >= 15 is 0 Å². The lowest BCUT2D eigenvalue weighted by Crippen LogP contribution is -2.43. The van der Waals surface area contributed by atoms with Gasteiger partial charge in [0.2, 0.25) is 0 Å². The van der Waals surface area contributed by atoms with Crippen LogP contribution in [0.4, 0.5) is 13.2 Å². The number of aromatic nitrogens is 4. The lowest BCUT2D eigenvalue weighted by molar-refractivity contribution is -0.149. The van der Waals surface area contributed by atoms with Gasteiger partial charge in [0.15, 0.2) is 5.65 Å². The standard InChI is InChI=1S/C17H16F3N5O/c1-3-11-8-14(13-6-4-5-7-21-13)25-15(24-11)12(9-22-25)16(26)23-10(2)17(18,19)20/h4-10H,3H2,1-2H3,(H,23,26). The third-order valence-corrected chi connectivity index (χ3v) is 3.90. The Morgan fingerprint density at radius 1 is 1.35 bits per heavy atom. The van der Waals surface area contributed by atoms with Crippen LogP contribution in [0.25, 0.3) is 17.0 Å². The van der Waals surface area contributed by atoms with Gasteiger partial charge < -0.3 is 5.32 Å². The highest BCUT2D eigenvalue weighted by atomic mass is 19.4. The molecular formula is C17H16F3N5O. The molecule has 0 aromatic carbocycles. The molecule has 0 saturated carbocycles. The van der Waals surface area contributed by atoms with Crippen LogP contribution in [-0.2, 0) is 6.42 Å². The number of alkyl halides is 3. The fourth-order valence-electron chi connectivity index (χ4n) is 2.41. The molecule has 6 nitrogen and oxygen atoms in total. The van der Waals surface area contributed by atoms with Gasteiger partial charge in [-0.05, 0) is 31.5 Å². The zero-order valence-corrected chi connectivity index (χ0v) is 14.1. The van der Waals surface area contributed by atoms with E-state index in [-0.39, 0.29) is 11.2 Å². The number of amides is 1. The van der Waals surface area contributed by atoms with Crippen LogP contribution < -0.4 is 5.32 Å². The Bertz CT molecular complexity index is 937. The minimum atomic E-state index is -4.53. The van der Waals surface area contributed by atoms with Crippen LogP contribution >= 0.6 is 0 Å². The van der Waals surface area contributed by atoms with Gasteiger partial charge >= 0.3 is 6.18 Å². The molecule has 3 aromatic heterocycles. The topological polar surface area (TPSA) is 72.2 Å². The maximum Gasteiger partial charge on any atom is 0.408 e. The van der Waals surface area contributed by atoms with Crippen molar-refractivity contribution in [3.8, 4) is 11.4 Å². The van der Waals surface area contributed by atoms with Crippen molar-refractivity contribution in [1.82, 2.24) is 24.9 Å². The van der Waals surface area contributed by atoms with E-state index in [1.165, 1.54) is 10.7 Å². The number of carbonyl (C=O) groups is 1. The molecule has 1 unspecified atom stereocenters. The molecule has 1 N–H and O–H groups in total. The summed E-state index contributed by atoms with van der Waals surface area (Å²) in [6, 6.07) is 5.17. The summed E-state index contributed by atoms with van der Waals surface area (Å²) in [7, 11) is 0. The molecule has 0 aliphatic heterocycles. The van der Waals surface area contributed by atoms with Gasteiger partial charge in [-0.1, -0.05) is 13.0 Å². The molecule has 3 rings (SSSR count). The van der Waals surface area contributed by atoms with E-state index in [4.69, 9.17) is 0 Å². The van der Waals surface area contributed by atoms with Crippen LogP contribution in [0.15, 0.2) is 36.7 Å². The molecule has 0 saturated heterocycles. The van der Waals surface area contributed by atoms with Crippen molar-refractivity contribution in [1.29, 1.82) is 0 Å². The second kappa shape index (κ2) is 6.74. The zero-order valence-electron chi connectivity index (χ0n) is 14.1. The molecule has 0 aliphatic rings. The molecule has 0 fully saturated rings. The maximum absolute atomic E-state index is 12.7. The van der Waals surface area contributed by atoms with Crippen LogP contribution in [0.1, 0.15) is 29.9 Å². The summed E-state index contributed by atoms with van der Waals surface area (Å²) >= 11 is 0. The fraction of sp³-hybridized carbons (Fsp3) is 0.294. The van der Waals surface area contributed by atoms with Gasteiger partial charge in [0.1, 0.15) is 11.6 Å². The normalized spacial score (nSPS) is 13.0. The minimum Gasteiger partial charge on any atom is -0.340 e. The Morgan fingerprint density at radius 3 is 2.73 bits per heavy atom. The van der Waals surface area contributed by atoms with Crippen molar-refractivity contribution < 1.29 is 18.0 Å². The van der Waals surface area contributed by atoms with E-state index in [0.717, 1.165) is 6.92 Å². The highest BCUT2D eigenvalue weighted by molar-refractivity contribution is 6.00. The molecule has 1 atom stereocenters. The number of carbonyl (C=O) groups excluding carboxylic acids is 1. The van der Waals surface area contributed by atoms with Gasteiger partial charge in [-0.25, -0.2) is 9.50 Å². The summed E-state index contributed by atoms with van der Waals surface area (Å²) in [6.45, 7) is 2.77. The second-order valence-corrected chi connectivity index (χ2v) is 5.73. The van der Waals surface area contributed by atoms with E-state index in [9.17, 15) is 18.0 Å². The van der Waals surface area contributed by atoms with Gasteiger partial charge in [-0.2, -0.15) is 18.3 Å². The monoisotopic (exact) mass is 363 g/mol. The third-order valence-electron chi connectivity index (χ3n) is 3.90. The number of nitrogens with zero attached hydrogens (tertiary/aromatic N) is 4. The highest BCUT2D eigenvalue weighted by Gasteiger charge is 2.37. The molecule has 9 heteroatoms. The Balaban J connectivity index is 2.08. The molecular weight excluding hydrogens is 347 g/mol. The number of hydrogen-bond acceptors (Lipinski definition) is 4. The predicted molar refractivity (Wildman–Crippen MR) is 88.6 cm³/mol. The average Bonchev–Trinajstić information content (AvgIpc) is 3.04. The lowest BCUT2D eigenvalue weighted by Gasteiger charge is -2.16. The predicted octanol–water partition coefficient (Wildman–Crippen LogP) is 3.03. The second-order valence-electron chi connectivity index (χ2n) is 5.73. The van der Waals surface area contributed by atoms with Gasteiger partial charge in [0.25, 0.3) is 5.91 Å². The van der Waals surface area contributed by atoms with Crippen molar-refractivity contribution in [2.75, 3.05) is 0 Å². The summed E-state index contributed by atoms with van der Waals surface area (Å²) in [5, 5.41) is 6.07. The van der Waals surface area contributed by atoms with Crippen molar-refractivity contribution in [2.45, 2.75) is 32.5 Å². The summed E-state index contributed by atoms with van der Waals surface area (Å²) in [5.74, 6) is -0.877. The Morgan fingerprint density at radius 2 is 2.12 bits per heavy atom. The highest BCUT2D eigenvalue weighted by Crippen LogP contribution is 2.23. The molecule has 0 aliphatic carbocycles. The first kappa shape index (κ1) is 17.8. The first-order valence-corrected chi connectivity index (χ1v) is 7.98. The van der Waals surface area contributed by atoms with Gasteiger partial charge in [-0.3, -0.25) is 9.78 Å². The van der Waals surface area contributed by atoms with Crippen LogP contribution in [-0.4, -0.2) is 37.7 Å². The third kappa shape index (κ3) is 3.37. The smallest absolute Gasteiger partial charge is 0.340 e. The minimum absolute atomic E-state index is 0.0198. The SMILES string of the molecule is CCc1cc(-c2ccccn2)n2ncc(C(=O)NC(C)C(F)(F)F)c2n1. The van der Waals surface area contributed by atoms with Gasteiger partial charge in [0, 0.05) is 11.9 Å². The number of halogens is 3. The van der Waals surface area contributed by atoms with Crippen molar-refractivity contribution in [2.24, 2.45) is 0 Å². The summed E-state index contributed by atoms with van der Waals surface area (Å²) in [5.41, 5.74) is 2.07. The molecule has 1 amide bonds. The van der Waals surface area contributed by atoms with Crippen LogP contribution in [0.5, 0.6) is 0 Å². The van der Waals surface area contributed by atoms with E-state index in [0.29, 0.717) is 23.5 Å². The Labute approximate surface area is 147 Å². The van der Waals surface area contributed by atoms with E-state index in [2.05, 4.69) is 15.1 Å². The number of nitrogens with one attached hydrogen (secondary N) is 1. The van der Waals surface area contributed by atoms with Crippen LogP contribution in [0.2, 0.25) is 0 Å². The van der Waals surface area contributed by atoms with E-state index < -0.39 is 18.1 Å². The number of fused-ring (bicyclic) bond motifs is 1. The summed E-state index contributed by atoms with van der Waals surface area (Å²) < 4.78 is 39.5. The quantitative estimate of drug-likeness (QED) is 0.773. The summed E-state index contributed by atoms with van der Waals surface area (Å²) in [6.07, 6.45) is -1.11. The average molecular weight is 363 g/mol. The first-order valence-electron chi connectivity index (χ1n) is 7.98. The molecule has 26 heavy (non-hydrogen) atoms. The molecule has 136 valence electrons. The molecule has 3 aromatic rings. The van der Waals surface area contributed by atoms with Crippen molar-refractivity contribution in [3.63, 3.8) is 0 Å². The van der Waals surface area contributed by atoms with Crippen molar-refractivity contribution in [3.05, 3.63) is 47.9 Å². The molecule has 3 heterocycles.